The second-order valence-corrected chi connectivity index (χ2v) is 13.2. The SMILES string of the molecule is Cn1ccc(-c2cnc(Nc3ccnc(-c4cnn(S(=O)(=O)C5CC5)c4)n3)cc2NCC2(C)CCC(O)CC2)n1. The molecular weight excluding hydrogens is 530 g/mol. The summed E-state index contributed by atoms with van der Waals surface area (Å²) in [5.41, 5.74) is 3.19. The molecule has 6 rings (SSSR count). The summed E-state index contributed by atoms with van der Waals surface area (Å²) in [4.78, 5) is 13.5. The van der Waals surface area contributed by atoms with Gasteiger partial charge in [0, 0.05) is 49.5 Å². The van der Waals surface area contributed by atoms with Crippen LogP contribution in [0.2, 0.25) is 0 Å². The highest BCUT2D eigenvalue weighted by Crippen LogP contribution is 2.37. The van der Waals surface area contributed by atoms with E-state index in [-0.39, 0.29) is 16.8 Å². The Hall–Kier alpha value is -3.84. The van der Waals surface area contributed by atoms with Crippen molar-refractivity contribution in [1.29, 1.82) is 0 Å². The van der Waals surface area contributed by atoms with Gasteiger partial charge in [0.15, 0.2) is 5.82 Å². The summed E-state index contributed by atoms with van der Waals surface area (Å²) >= 11 is 0. The van der Waals surface area contributed by atoms with Gasteiger partial charge in [0.1, 0.15) is 11.6 Å². The smallest absolute Gasteiger partial charge is 0.256 e. The summed E-state index contributed by atoms with van der Waals surface area (Å²) in [5, 5.41) is 25.1. The molecule has 0 amide bonds. The number of aryl methyl sites for hydroxylation is 1. The summed E-state index contributed by atoms with van der Waals surface area (Å²) in [7, 11) is -1.58. The maximum absolute atomic E-state index is 12.5. The lowest BCUT2D eigenvalue weighted by atomic mass is 9.74. The Bertz CT molecular complexity index is 1620. The van der Waals surface area contributed by atoms with Crippen LogP contribution in [0.5, 0.6) is 0 Å². The van der Waals surface area contributed by atoms with Gasteiger partial charge in [0.2, 0.25) is 0 Å². The highest BCUT2D eigenvalue weighted by Gasteiger charge is 2.37. The van der Waals surface area contributed by atoms with Crippen LogP contribution in [-0.2, 0) is 17.1 Å². The maximum atomic E-state index is 12.5. The second kappa shape index (κ2) is 10.3. The number of nitrogens with one attached hydrogen (secondary N) is 2. The summed E-state index contributed by atoms with van der Waals surface area (Å²) in [6.45, 7) is 3.02. The zero-order valence-electron chi connectivity index (χ0n) is 22.5. The predicted molar refractivity (Wildman–Crippen MR) is 151 cm³/mol. The molecule has 13 heteroatoms. The molecule has 0 aromatic carbocycles. The zero-order valence-corrected chi connectivity index (χ0v) is 23.3. The minimum Gasteiger partial charge on any atom is -0.393 e. The normalized spacial score (nSPS) is 21.3. The van der Waals surface area contributed by atoms with Crippen LogP contribution >= 0.6 is 0 Å². The van der Waals surface area contributed by atoms with Gasteiger partial charge in [-0.3, -0.25) is 4.68 Å². The van der Waals surface area contributed by atoms with Gasteiger partial charge in [-0.1, -0.05) is 6.92 Å². The van der Waals surface area contributed by atoms with Crippen LogP contribution in [0, 0.1) is 5.41 Å². The third-order valence-corrected chi connectivity index (χ3v) is 9.73. The van der Waals surface area contributed by atoms with Gasteiger partial charge < -0.3 is 15.7 Å². The number of aliphatic hydroxyl groups is 1. The van der Waals surface area contributed by atoms with Crippen molar-refractivity contribution < 1.29 is 13.5 Å². The molecule has 0 radical (unpaired) electrons. The highest BCUT2D eigenvalue weighted by molar-refractivity contribution is 7.90. The van der Waals surface area contributed by atoms with E-state index in [0.29, 0.717) is 35.9 Å². The van der Waals surface area contributed by atoms with E-state index < -0.39 is 10.0 Å². The van der Waals surface area contributed by atoms with Crippen LogP contribution in [0.15, 0.2) is 49.2 Å². The lowest BCUT2D eigenvalue weighted by Gasteiger charge is -2.36. The quantitative estimate of drug-likeness (QED) is 0.275. The third-order valence-electron chi connectivity index (χ3n) is 7.70. The average molecular weight is 564 g/mol. The van der Waals surface area contributed by atoms with Crippen molar-refractivity contribution in [3.63, 3.8) is 0 Å². The lowest BCUT2D eigenvalue weighted by molar-refractivity contribution is 0.0773. The van der Waals surface area contributed by atoms with Crippen LogP contribution in [0.25, 0.3) is 22.6 Å². The van der Waals surface area contributed by atoms with E-state index in [1.807, 2.05) is 25.4 Å². The van der Waals surface area contributed by atoms with E-state index in [1.54, 1.807) is 23.1 Å². The number of nitrogens with zero attached hydrogens (tertiary/aromatic N) is 7. The van der Waals surface area contributed by atoms with E-state index in [4.69, 9.17) is 0 Å². The minimum atomic E-state index is -3.46. The standard InChI is InChI=1S/C27H33N9O3S/c1-27(9-5-19(37)6-10-27)17-30-23-13-25(29-15-21(23)22-8-12-35(2)34-22)32-24-7-11-28-26(33-24)18-14-31-36(16-18)40(38,39)20-3-4-20/h7-8,11-16,19-20,37H,3-6,9-10,17H2,1-2H3,(H2,28,29,30,32,33). The van der Waals surface area contributed by atoms with E-state index in [2.05, 4.69) is 42.7 Å². The van der Waals surface area contributed by atoms with E-state index in [1.165, 1.54) is 12.4 Å². The molecule has 210 valence electrons. The Morgan fingerprint density at radius 1 is 1.10 bits per heavy atom. The van der Waals surface area contributed by atoms with Crippen molar-refractivity contribution in [3.8, 4) is 22.6 Å². The van der Waals surface area contributed by atoms with Crippen molar-refractivity contribution in [3.05, 3.63) is 49.2 Å². The fourth-order valence-electron chi connectivity index (χ4n) is 4.99. The highest BCUT2D eigenvalue weighted by atomic mass is 32.2. The van der Waals surface area contributed by atoms with Crippen molar-refractivity contribution >= 4 is 27.3 Å². The number of aromatic nitrogens is 7. The van der Waals surface area contributed by atoms with Gasteiger partial charge in [-0.15, -0.1) is 0 Å². The molecule has 2 aliphatic rings. The Labute approximate surface area is 232 Å². The molecule has 0 atom stereocenters. The molecular formula is C27H33N9O3S. The molecule has 3 N–H and O–H groups in total. The van der Waals surface area contributed by atoms with E-state index >= 15 is 0 Å². The third kappa shape index (κ3) is 5.56. The van der Waals surface area contributed by atoms with Crippen molar-refractivity contribution in [2.75, 3.05) is 17.2 Å². The molecule has 4 aromatic heterocycles. The molecule has 12 nitrogen and oxygen atoms in total. The molecule has 4 heterocycles. The van der Waals surface area contributed by atoms with Crippen LogP contribution in [0.4, 0.5) is 17.3 Å². The lowest BCUT2D eigenvalue weighted by Crippen LogP contribution is -2.33. The molecule has 4 aromatic rings. The van der Waals surface area contributed by atoms with Crippen molar-refractivity contribution in [2.24, 2.45) is 12.5 Å². The number of hydrogen-bond acceptors (Lipinski definition) is 10. The second-order valence-electron chi connectivity index (χ2n) is 11.1. The Kier molecular flexibility index (Phi) is 6.78. The minimum absolute atomic E-state index is 0.0798. The summed E-state index contributed by atoms with van der Waals surface area (Å²) < 4.78 is 27.8. The molecule has 2 aliphatic carbocycles. The largest absolute Gasteiger partial charge is 0.393 e. The Balaban J connectivity index is 1.24. The van der Waals surface area contributed by atoms with Gasteiger partial charge in [-0.2, -0.15) is 14.3 Å². The summed E-state index contributed by atoms with van der Waals surface area (Å²) in [5.74, 6) is 1.46. The molecule has 2 fully saturated rings. The summed E-state index contributed by atoms with van der Waals surface area (Å²) in [6.07, 6.45) is 12.9. The average Bonchev–Trinajstić information content (AvgIpc) is 3.54. The topological polar surface area (TPSA) is 153 Å². The molecule has 40 heavy (non-hydrogen) atoms. The molecule has 2 saturated carbocycles. The summed E-state index contributed by atoms with van der Waals surface area (Å²) in [6, 6.07) is 5.62. The molecule has 0 saturated heterocycles. The van der Waals surface area contributed by atoms with Gasteiger partial charge in [-0.25, -0.2) is 23.4 Å². The fourth-order valence-corrected chi connectivity index (χ4v) is 6.47. The first kappa shape index (κ1) is 26.4. The van der Waals surface area contributed by atoms with Crippen LogP contribution < -0.4 is 10.6 Å². The fraction of sp³-hybridized carbons (Fsp3) is 0.444. The Morgan fingerprint density at radius 3 is 2.62 bits per heavy atom. The van der Waals surface area contributed by atoms with Gasteiger partial charge in [0.05, 0.1) is 35.0 Å². The molecule has 0 unspecified atom stereocenters. The van der Waals surface area contributed by atoms with Gasteiger partial charge in [-0.05, 0) is 56.1 Å². The first-order chi connectivity index (χ1) is 19.2. The number of pyridine rings is 1. The van der Waals surface area contributed by atoms with Gasteiger partial charge in [0.25, 0.3) is 10.0 Å². The van der Waals surface area contributed by atoms with Crippen LogP contribution in [0.3, 0.4) is 0 Å². The molecule has 0 bridgehead atoms. The number of rotatable bonds is 9. The number of hydrogen-bond donors (Lipinski definition) is 3. The molecule has 0 spiro atoms. The van der Waals surface area contributed by atoms with Crippen LogP contribution in [0.1, 0.15) is 45.4 Å². The van der Waals surface area contributed by atoms with Crippen LogP contribution in [-0.4, -0.2) is 65.3 Å². The Morgan fingerprint density at radius 2 is 1.90 bits per heavy atom. The van der Waals surface area contributed by atoms with Crippen molar-refractivity contribution in [1.82, 2.24) is 33.9 Å². The van der Waals surface area contributed by atoms with Crippen molar-refractivity contribution in [2.45, 2.75) is 56.8 Å². The molecule has 0 aliphatic heterocycles. The predicted octanol–water partition coefficient (Wildman–Crippen LogP) is 3.57. The number of anilines is 3. The van der Waals surface area contributed by atoms with Gasteiger partial charge >= 0.3 is 0 Å². The van der Waals surface area contributed by atoms with E-state index in [0.717, 1.165) is 53.3 Å². The zero-order chi connectivity index (χ0) is 27.9. The van der Waals surface area contributed by atoms with E-state index in [9.17, 15) is 13.5 Å². The number of aliphatic hydroxyl groups excluding tert-OH is 1. The maximum Gasteiger partial charge on any atom is 0.256 e. The monoisotopic (exact) mass is 563 g/mol. The first-order valence-electron chi connectivity index (χ1n) is 13.5. The first-order valence-corrected chi connectivity index (χ1v) is 15.0.